The van der Waals surface area contributed by atoms with Gasteiger partial charge in [-0.05, 0) is 15.9 Å². The lowest BCUT2D eigenvalue weighted by Gasteiger charge is -1.91. The van der Waals surface area contributed by atoms with Crippen molar-refractivity contribution in [3.8, 4) is 0 Å². The molecule has 0 fully saturated rings. The quantitative estimate of drug-likeness (QED) is 0.665. The highest BCUT2D eigenvalue weighted by molar-refractivity contribution is 9.10. The first-order valence-corrected chi connectivity index (χ1v) is 2.93. The topological polar surface area (TPSA) is 51.8 Å². The molecule has 0 atom stereocenters. The van der Waals surface area contributed by atoms with E-state index >= 15 is 0 Å². The van der Waals surface area contributed by atoms with Crippen LogP contribution in [0.25, 0.3) is 0 Å². The molecule has 48 valence electrons. The van der Waals surface area contributed by atoms with Gasteiger partial charge in [0.2, 0.25) is 5.95 Å². The van der Waals surface area contributed by atoms with Gasteiger partial charge in [0.25, 0.3) is 0 Å². The number of aromatic nitrogens is 2. The summed E-state index contributed by atoms with van der Waals surface area (Å²) in [6.45, 7) is 0. The van der Waals surface area contributed by atoms with Crippen LogP contribution in [0.1, 0.15) is 0 Å². The summed E-state index contributed by atoms with van der Waals surface area (Å²) < 4.78 is 12.4. The lowest BCUT2D eigenvalue weighted by atomic mass is 10.7. The molecular weight excluding hydrogens is 189 g/mol. The Kier molecular flexibility index (Phi) is 1.61. The third-order valence-electron chi connectivity index (χ3n) is 0.708. The van der Waals surface area contributed by atoms with E-state index in [1.54, 1.807) is 0 Å². The fourth-order valence-electron chi connectivity index (χ4n) is 0.364. The number of nitrogens with two attached hydrogens (primary N) is 1. The number of halogens is 2. The second-order valence-corrected chi connectivity index (χ2v) is 2.13. The molecule has 0 aromatic carbocycles. The van der Waals surface area contributed by atoms with E-state index in [0.717, 1.165) is 0 Å². The average molecular weight is 192 g/mol. The molecule has 0 aliphatic heterocycles. The van der Waals surface area contributed by atoms with Gasteiger partial charge in [-0.3, -0.25) is 0 Å². The van der Waals surface area contributed by atoms with E-state index in [0.29, 0.717) is 0 Å². The normalized spacial score (nSPS) is 9.56. The summed E-state index contributed by atoms with van der Waals surface area (Å²) in [4.78, 5) is 6.81. The van der Waals surface area contributed by atoms with Crippen molar-refractivity contribution in [3.63, 3.8) is 0 Å². The summed E-state index contributed by atoms with van der Waals surface area (Å²) >= 11 is 2.83. The van der Waals surface area contributed by atoms with Gasteiger partial charge in [-0.1, -0.05) is 0 Å². The maximum Gasteiger partial charge on any atom is 0.247 e. The molecule has 1 aromatic heterocycles. The molecule has 0 aliphatic rings. The van der Waals surface area contributed by atoms with E-state index < -0.39 is 5.95 Å². The van der Waals surface area contributed by atoms with Gasteiger partial charge >= 0.3 is 0 Å². The Bertz CT molecular complexity index is 227. The SMILES string of the molecule is Nc1cnc(Br)c(F)n1. The Morgan fingerprint density at radius 3 is 2.78 bits per heavy atom. The number of rotatable bonds is 0. The van der Waals surface area contributed by atoms with E-state index in [1.165, 1.54) is 6.20 Å². The molecular formula is C4H3BrFN3. The number of nitrogens with zero attached hydrogens (tertiary/aromatic N) is 2. The summed E-state index contributed by atoms with van der Waals surface area (Å²) in [5.41, 5.74) is 5.09. The highest BCUT2D eigenvalue weighted by atomic mass is 79.9. The van der Waals surface area contributed by atoms with Gasteiger partial charge in [0.05, 0.1) is 6.20 Å². The molecule has 0 amide bonds. The zero-order chi connectivity index (χ0) is 6.85. The van der Waals surface area contributed by atoms with Gasteiger partial charge in [-0.25, -0.2) is 4.98 Å². The fourth-order valence-corrected chi connectivity index (χ4v) is 0.555. The molecule has 1 aromatic rings. The highest BCUT2D eigenvalue weighted by Gasteiger charge is 1.99. The van der Waals surface area contributed by atoms with Crippen molar-refractivity contribution in [2.45, 2.75) is 0 Å². The van der Waals surface area contributed by atoms with Crippen molar-refractivity contribution < 1.29 is 4.39 Å². The van der Waals surface area contributed by atoms with Crippen molar-refractivity contribution in [3.05, 3.63) is 16.7 Å². The first-order valence-electron chi connectivity index (χ1n) is 2.13. The summed E-state index contributed by atoms with van der Waals surface area (Å²) in [5, 5.41) is 0. The minimum atomic E-state index is -0.685. The largest absolute Gasteiger partial charge is 0.382 e. The minimum absolute atomic E-state index is 0.0794. The molecule has 5 heteroatoms. The Morgan fingerprint density at radius 2 is 2.33 bits per heavy atom. The minimum Gasteiger partial charge on any atom is -0.382 e. The van der Waals surface area contributed by atoms with Crippen LogP contribution in [-0.4, -0.2) is 9.97 Å². The zero-order valence-electron chi connectivity index (χ0n) is 4.31. The Morgan fingerprint density at radius 1 is 1.67 bits per heavy atom. The van der Waals surface area contributed by atoms with Crippen LogP contribution in [0, 0.1) is 5.95 Å². The molecule has 0 aliphatic carbocycles. The van der Waals surface area contributed by atoms with Gasteiger partial charge < -0.3 is 5.73 Å². The third-order valence-corrected chi connectivity index (χ3v) is 1.24. The molecule has 2 N–H and O–H groups in total. The maximum atomic E-state index is 12.3. The summed E-state index contributed by atoms with van der Waals surface area (Å²) in [7, 11) is 0. The smallest absolute Gasteiger partial charge is 0.247 e. The van der Waals surface area contributed by atoms with Crippen LogP contribution in [0.15, 0.2) is 10.8 Å². The van der Waals surface area contributed by atoms with Gasteiger partial charge in [0.15, 0.2) is 4.60 Å². The van der Waals surface area contributed by atoms with Crippen LogP contribution in [0.4, 0.5) is 10.2 Å². The highest BCUT2D eigenvalue weighted by Crippen LogP contribution is 2.09. The van der Waals surface area contributed by atoms with Crippen LogP contribution in [-0.2, 0) is 0 Å². The van der Waals surface area contributed by atoms with Crippen molar-refractivity contribution >= 4 is 21.7 Å². The predicted octanol–water partition coefficient (Wildman–Crippen LogP) is 0.960. The van der Waals surface area contributed by atoms with Crippen LogP contribution in [0.2, 0.25) is 0 Å². The molecule has 9 heavy (non-hydrogen) atoms. The second-order valence-electron chi connectivity index (χ2n) is 1.38. The molecule has 0 unspecified atom stereocenters. The Balaban J connectivity index is 3.17. The first kappa shape index (κ1) is 6.41. The van der Waals surface area contributed by atoms with Crippen molar-refractivity contribution in [1.29, 1.82) is 0 Å². The number of hydrogen-bond donors (Lipinski definition) is 1. The van der Waals surface area contributed by atoms with Crippen LogP contribution in [0.5, 0.6) is 0 Å². The lowest BCUT2D eigenvalue weighted by molar-refractivity contribution is 0.570. The second kappa shape index (κ2) is 2.26. The van der Waals surface area contributed by atoms with E-state index in [9.17, 15) is 4.39 Å². The van der Waals surface area contributed by atoms with Gasteiger partial charge in [0, 0.05) is 0 Å². The molecule has 0 radical (unpaired) electrons. The lowest BCUT2D eigenvalue weighted by Crippen LogP contribution is -1.95. The average Bonchev–Trinajstić information content (AvgIpc) is 1.80. The fraction of sp³-hybridized carbons (Fsp3) is 0. The van der Waals surface area contributed by atoms with Crippen LogP contribution >= 0.6 is 15.9 Å². The molecule has 1 rings (SSSR count). The molecule has 0 saturated heterocycles. The molecule has 0 saturated carbocycles. The number of hydrogen-bond acceptors (Lipinski definition) is 3. The third kappa shape index (κ3) is 1.35. The van der Waals surface area contributed by atoms with E-state index in [1.807, 2.05) is 0 Å². The summed E-state index contributed by atoms with van der Waals surface area (Å²) in [6.07, 6.45) is 1.27. The van der Waals surface area contributed by atoms with Gasteiger partial charge in [0.1, 0.15) is 5.82 Å². The summed E-state index contributed by atoms with van der Waals surface area (Å²) in [5.74, 6) is -0.606. The molecule has 1 heterocycles. The monoisotopic (exact) mass is 191 g/mol. The standard InChI is InChI=1S/C4H3BrFN3/c5-3-4(6)9-2(7)1-8-3/h1H,(H2,7,9). The van der Waals surface area contributed by atoms with Gasteiger partial charge in [-0.15, -0.1) is 0 Å². The Labute approximate surface area is 59.2 Å². The van der Waals surface area contributed by atoms with E-state index in [-0.39, 0.29) is 10.4 Å². The molecule has 0 bridgehead atoms. The Hall–Kier alpha value is -0.710. The van der Waals surface area contributed by atoms with Gasteiger partial charge in [-0.2, -0.15) is 9.37 Å². The zero-order valence-corrected chi connectivity index (χ0v) is 5.89. The maximum absolute atomic E-state index is 12.3. The van der Waals surface area contributed by atoms with Crippen molar-refractivity contribution in [2.75, 3.05) is 5.73 Å². The van der Waals surface area contributed by atoms with E-state index in [4.69, 9.17) is 5.73 Å². The predicted molar refractivity (Wildman–Crippen MR) is 34.1 cm³/mol. The summed E-state index contributed by atoms with van der Waals surface area (Å²) in [6, 6.07) is 0. The molecule has 3 nitrogen and oxygen atoms in total. The number of anilines is 1. The van der Waals surface area contributed by atoms with Crippen LogP contribution in [0.3, 0.4) is 0 Å². The van der Waals surface area contributed by atoms with Crippen LogP contribution < -0.4 is 5.73 Å². The molecule has 0 spiro atoms. The van der Waals surface area contributed by atoms with Crippen molar-refractivity contribution in [2.24, 2.45) is 0 Å². The van der Waals surface area contributed by atoms with E-state index in [2.05, 4.69) is 25.9 Å². The number of nitrogen functional groups attached to an aromatic ring is 1. The van der Waals surface area contributed by atoms with Crippen molar-refractivity contribution in [1.82, 2.24) is 9.97 Å². The first-order chi connectivity index (χ1) is 4.20.